The van der Waals surface area contributed by atoms with Crippen molar-refractivity contribution in [1.29, 1.82) is 0 Å². The lowest BCUT2D eigenvalue weighted by molar-refractivity contribution is -0.108. The molecule has 1 aliphatic rings. The van der Waals surface area contributed by atoms with E-state index >= 15 is 0 Å². The number of aryl methyl sites for hydroxylation is 1. The molecule has 1 aromatic heterocycles. The zero-order chi connectivity index (χ0) is 22.7. The monoisotopic (exact) mass is 433 g/mol. The van der Waals surface area contributed by atoms with E-state index in [9.17, 15) is 14.4 Å². The number of benzene rings is 2. The van der Waals surface area contributed by atoms with Crippen molar-refractivity contribution in [1.82, 2.24) is 25.1 Å². The van der Waals surface area contributed by atoms with Gasteiger partial charge in [0.1, 0.15) is 11.6 Å². The summed E-state index contributed by atoms with van der Waals surface area (Å²) >= 11 is 0. The molecule has 4 rings (SSSR count). The lowest BCUT2D eigenvalue weighted by Crippen LogP contribution is -2.42. The number of fused-ring (bicyclic) bond motifs is 1. The predicted octanol–water partition coefficient (Wildman–Crippen LogP) is 2.25. The maximum atomic E-state index is 13.0. The number of nitrogens with zero attached hydrogens (tertiary/aromatic N) is 3. The highest BCUT2D eigenvalue weighted by atomic mass is 16.5. The molecular formula is C23H23N5O4. The van der Waals surface area contributed by atoms with E-state index in [0.717, 1.165) is 22.5 Å². The molecular weight excluding hydrogens is 410 g/mol. The summed E-state index contributed by atoms with van der Waals surface area (Å²) in [5, 5.41) is 4.87. The van der Waals surface area contributed by atoms with E-state index in [-0.39, 0.29) is 12.5 Å². The molecule has 0 spiro atoms. The Morgan fingerprint density at radius 1 is 1.25 bits per heavy atom. The van der Waals surface area contributed by atoms with Gasteiger partial charge in [0, 0.05) is 43.7 Å². The standard InChI is InChI=1S/C23H23N5O4/c1-27-10-9-24-21(27)16-5-3-15(4-6-16)20(26-23(31)25-14-29)13-28-12-17-7-8-18(32-2)11-19(17)22(28)30/h3-11,14,20H,12-13H2,1-2H3,(H2,25,26,29,31)/t20-/m0/s1. The van der Waals surface area contributed by atoms with Crippen molar-refractivity contribution < 1.29 is 19.1 Å². The molecule has 1 atom stereocenters. The number of nitrogens with one attached hydrogen (secondary N) is 2. The number of hydrogen-bond donors (Lipinski definition) is 2. The number of amides is 4. The molecule has 0 radical (unpaired) electrons. The lowest BCUT2D eigenvalue weighted by atomic mass is 10.0. The van der Waals surface area contributed by atoms with Crippen LogP contribution in [0.25, 0.3) is 11.4 Å². The summed E-state index contributed by atoms with van der Waals surface area (Å²) in [6.45, 7) is 0.668. The van der Waals surface area contributed by atoms with Gasteiger partial charge in [-0.15, -0.1) is 0 Å². The number of carbonyl (C=O) groups is 3. The lowest BCUT2D eigenvalue weighted by Gasteiger charge is -2.25. The molecule has 0 unspecified atom stereocenters. The zero-order valence-corrected chi connectivity index (χ0v) is 17.7. The Balaban J connectivity index is 1.57. The van der Waals surface area contributed by atoms with Gasteiger partial charge >= 0.3 is 6.03 Å². The first-order chi connectivity index (χ1) is 15.5. The smallest absolute Gasteiger partial charge is 0.321 e. The van der Waals surface area contributed by atoms with Gasteiger partial charge < -0.3 is 19.5 Å². The molecule has 0 fully saturated rings. The molecule has 0 saturated heterocycles. The van der Waals surface area contributed by atoms with E-state index in [1.165, 1.54) is 0 Å². The molecule has 0 bridgehead atoms. The van der Waals surface area contributed by atoms with Gasteiger partial charge in [0.05, 0.1) is 13.2 Å². The fraction of sp³-hybridized carbons (Fsp3) is 0.217. The summed E-state index contributed by atoms with van der Waals surface area (Å²) in [7, 11) is 3.47. The average Bonchev–Trinajstić information content (AvgIpc) is 3.36. The predicted molar refractivity (Wildman–Crippen MR) is 117 cm³/mol. The van der Waals surface area contributed by atoms with Crippen LogP contribution in [0, 0.1) is 0 Å². The normalized spacial score (nSPS) is 13.4. The van der Waals surface area contributed by atoms with Crippen LogP contribution in [0.3, 0.4) is 0 Å². The first-order valence-electron chi connectivity index (χ1n) is 10.0. The van der Waals surface area contributed by atoms with Crippen LogP contribution in [-0.4, -0.2) is 46.5 Å². The maximum Gasteiger partial charge on any atom is 0.321 e. The minimum atomic E-state index is -0.635. The van der Waals surface area contributed by atoms with Crippen LogP contribution in [-0.2, 0) is 18.4 Å². The second-order valence-electron chi connectivity index (χ2n) is 7.48. The summed E-state index contributed by atoms with van der Waals surface area (Å²) < 4.78 is 7.14. The molecule has 2 N–H and O–H groups in total. The minimum absolute atomic E-state index is 0.133. The molecule has 164 valence electrons. The van der Waals surface area contributed by atoms with Crippen molar-refractivity contribution in [3.63, 3.8) is 0 Å². The van der Waals surface area contributed by atoms with Crippen LogP contribution in [0.2, 0.25) is 0 Å². The first kappa shape index (κ1) is 21.1. The van der Waals surface area contributed by atoms with Crippen molar-refractivity contribution in [3.8, 4) is 17.1 Å². The summed E-state index contributed by atoms with van der Waals surface area (Å²) in [5.41, 5.74) is 3.21. The highest BCUT2D eigenvalue weighted by Gasteiger charge is 2.30. The highest BCUT2D eigenvalue weighted by molar-refractivity contribution is 5.98. The molecule has 2 aromatic carbocycles. The fourth-order valence-electron chi connectivity index (χ4n) is 3.83. The van der Waals surface area contributed by atoms with Gasteiger partial charge in [0.25, 0.3) is 5.91 Å². The Hall–Kier alpha value is -4.14. The Bertz CT molecular complexity index is 1160. The average molecular weight is 433 g/mol. The number of ether oxygens (including phenoxy) is 1. The van der Waals surface area contributed by atoms with Gasteiger partial charge in [-0.2, -0.15) is 0 Å². The van der Waals surface area contributed by atoms with E-state index in [1.807, 2.05) is 54.2 Å². The number of hydrogen-bond acceptors (Lipinski definition) is 5. The summed E-state index contributed by atoms with van der Waals surface area (Å²) in [6, 6.07) is 11.8. The second-order valence-corrected chi connectivity index (χ2v) is 7.48. The van der Waals surface area contributed by atoms with Gasteiger partial charge in [0.15, 0.2) is 0 Å². The number of imidazole rings is 1. The van der Waals surface area contributed by atoms with Gasteiger partial charge in [-0.05, 0) is 23.3 Å². The molecule has 32 heavy (non-hydrogen) atoms. The minimum Gasteiger partial charge on any atom is -0.497 e. The third-order valence-electron chi connectivity index (χ3n) is 5.49. The second kappa shape index (κ2) is 8.93. The van der Waals surface area contributed by atoms with E-state index in [4.69, 9.17) is 4.74 Å². The molecule has 9 heteroatoms. The summed E-state index contributed by atoms with van der Waals surface area (Å²) in [6.07, 6.45) is 3.91. The molecule has 9 nitrogen and oxygen atoms in total. The SMILES string of the molecule is COc1ccc2c(c1)C(=O)N(C[C@H](NC(=O)NC=O)c1ccc(-c3nccn3C)cc1)C2. The number of methoxy groups -OCH3 is 1. The number of carbonyl (C=O) groups excluding carboxylic acids is 3. The van der Waals surface area contributed by atoms with Crippen LogP contribution >= 0.6 is 0 Å². The maximum absolute atomic E-state index is 13.0. The fourth-order valence-corrected chi connectivity index (χ4v) is 3.83. The van der Waals surface area contributed by atoms with Gasteiger partial charge in [-0.3, -0.25) is 14.9 Å². The van der Waals surface area contributed by atoms with E-state index in [2.05, 4.69) is 15.6 Å². The van der Waals surface area contributed by atoms with Crippen LogP contribution in [0.5, 0.6) is 5.75 Å². The van der Waals surface area contributed by atoms with Crippen molar-refractivity contribution >= 4 is 18.3 Å². The van der Waals surface area contributed by atoms with Crippen LogP contribution in [0.15, 0.2) is 54.9 Å². The highest BCUT2D eigenvalue weighted by Crippen LogP contribution is 2.29. The molecule has 0 aliphatic carbocycles. The van der Waals surface area contributed by atoms with Crippen LogP contribution < -0.4 is 15.4 Å². The summed E-state index contributed by atoms with van der Waals surface area (Å²) in [5.74, 6) is 1.30. The van der Waals surface area contributed by atoms with Crippen molar-refractivity contribution in [2.45, 2.75) is 12.6 Å². The van der Waals surface area contributed by atoms with E-state index in [0.29, 0.717) is 24.3 Å². The van der Waals surface area contributed by atoms with Crippen LogP contribution in [0.1, 0.15) is 27.5 Å². The Kier molecular flexibility index (Phi) is 5.89. The molecule has 2 heterocycles. The quantitative estimate of drug-likeness (QED) is 0.556. The Labute approximate surface area is 185 Å². The number of urea groups is 1. The molecule has 3 aromatic rings. The zero-order valence-electron chi connectivity index (χ0n) is 17.7. The largest absolute Gasteiger partial charge is 0.497 e. The van der Waals surface area contributed by atoms with Gasteiger partial charge in [-0.25, -0.2) is 9.78 Å². The molecule has 1 aliphatic heterocycles. The van der Waals surface area contributed by atoms with Crippen molar-refractivity contribution in [2.24, 2.45) is 7.05 Å². The van der Waals surface area contributed by atoms with Gasteiger partial charge in [-0.1, -0.05) is 30.3 Å². The Morgan fingerprint density at radius 2 is 2.03 bits per heavy atom. The first-order valence-corrected chi connectivity index (χ1v) is 10.0. The topological polar surface area (TPSA) is 106 Å². The van der Waals surface area contributed by atoms with E-state index in [1.54, 1.807) is 24.3 Å². The number of aromatic nitrogens is 2. The third-order valence-corrected chi connectivity index (χ3v) is 5.49. The third kappa shape index (κ3) is 4.18. The van der Waals surface area contributed by atoms with Crippen LogP contribution in [0.4, 0.5) is 4.79 Å². The summed E-state index contributed by atoms with van der Waals surface area (Å²) in [4.78, 5) is 41.8. The molecule has 4 amide bonds. The number of imide groups is 1. The number of rotatable bonds is 7. The van der Waals surface area contributed by atoms with Crippen molar-refractivity contribution in [3.05, 3.63) is 71.5 Å². The Morgan fingerprint density at radius 3 is 2.69 bits per heavy atom. The van der Waals surface area contributed by atoms with E-state index < -0.39 is 12.1 Å². The molecule has 0 saturated carbocycles. The van der Waals surface area contributed by atoms with Gasteiger partial charge in [0.2, 0.25) is 6.41 Å². The van der Waals surface area contributed by atoms with Crippen molar-refractivity contribution in [2.75, 3.05) is 13.7 Å².